The third-order valence-electron chi connectivity index (χ3n) is 4.48. The largest absolute Gasteiger partial charge is 0.361 e. The fraction of sp³-hybridized carbons (Fsp3) is 0.412. The molecule has 1 saturated carbocycles. The lowest BCUT2D eigenvalue weighted by Crippen LogP contribution is -2.50. The first-order valence-corrected chi connectivity index (χ1v) is 7.26. The summed E-state index contributed by atoms with van der Waals surface area (Å²) < 4.78 is 5.17. The molecule has 0 bridgehead atoms. The molecule has 1 heterocycles. The van der Waals surface area contributed by atoms with Gasteiger partial charge in [0.2, 0.25) is 0 Å². The van der Waals surface area contributed by atoms with Crippen LogP contribution in [0.1, 0.15) is 35.4 Å². The Balaban J connectivity index is 1.62. The Morgan fingerprint density at radius 3 is 2.62 bits per heavy atom. The van der Waals surface area contributed by atoms with E-state index in [0.717, 1.165) is 42.0 Å². The van der Waals surface area contributed by atoms with E-state index in [4.69, 9.17) is 4.52 Å². The highest BCUT2D eigenvalue weighted by atomic mass is 16.5. The summed E-state index contributed by atoms with van der Waals surface area (Å²) >= 11 is 0. The van der Waals surface area contributed by atoms with Crippen LogP contribution in [0.15, 0.2) is 34.9 Å². The minimum atomic E-state index is -0.322. The third-order valence-corrected chi connectivity index (χ3v) is 4.48. The van der Waals surface area contributed by atoms with Crippen molar-refractivity contribution in [3.8, 4) is 6.07 Å². The van der Waals surface area contributed by atoms with Crippen molar-refractivity contribution in [2.45, 2.75) is 44.7 Å². The van der Waals surface area contributed by atoms with Gasteiger partial charge in [-0.3, -0.25) is 0 Å². The van der Waals surface area contributed by atoms with Crippen LogP contribution in [-0.2, 0) is 12.0 Å². The van der Waals surface area contributed by atoms with Crippen molar-refractivity contribution in [3.05, 3.63) is 52.9 Å². The molecule has 1 aliphatic rings. The van der Waals surface area contributed by atoms with Crippen LogP contribution in [0.3, 0.4) is 0 Å². The lowest BCUT2D eigenvalue weighted by molar-refractivity contribution is 0.225. The van der Waals surface area contributed by atoms with Crippen molar-refractivity contribution in [2.24, 2.45) is 0 Å². The molecule has 0 atom stereocenters. The molecule has 0 spiro atoms. The topological polar surface area (TPSA) is 61.9 Å². The van der Waals surface area contributed by atoms with E-state index < -0.39 is 0 Å². The number of nitriles is 1. The molecule has 21 heavy (non-hydrogen) atoms. The Morgan fingerprint density at radius 1 is 1.33 bits per heavy atom. The molecule has 0 aliphatic heterocycles. The van der Waals surface area contributed by atoms with Crippen LogP contribution in [0, 0.1) is 25.2 Å². The Morgan fingerprint density at radius 2 is 2.05 bits per heavy atom. The summed E-state index contributed by atoms with van der Waals surface area (Å²) in [7, 11) is 0. The molecule has 4 heteroatoms. The van der Waals surface area contributed by atoms with Gasteiger partial charge in [-0.25, -0.2) is 0 Å². The number of nitrogens with zero attached hydrogens (tertiary/aromatic N) is 2. The van der Waals surface area contributed by atoms with E-state index in [0.29, 0.717) is 6.04 Å². The van der Waals surface area contributed by atoms with Gasteiger partial charge in [-0.2, -0.15) is 5.26 Å². The van der Waals surface area contributed by atoms with Crippen molar-refractivity contribution >= 4 is 0 Å². The lowest BCUT2D eigenvalue weighted by atomic mass is 9.62. The fourth-order valence-corrected chi connectivity index (χ4v) is 3.08. The molecule has 108 valence electrons. The Labute approximate surface area is 124 Å². The van der Waals surface area contributed by atoms with Crippen LogP contribution in [0.4, 0.5) is 0 Å². The smallest absolute Gasteiger partial charge is 0.138 e. The number of nitrogens with one attached hydrogen (secondary N) is 1. The summed E-state index contributed by atoms with van der Waals surface area (Å²) in [4.78, 5) is 0. The molecule has 1 fully saturated rings. The normalized spacial score (nSPS) is 24.3. The molecular formula is C17H19N3O. The molecule has 0 radical (unpaired) electrons. The maximum atomic E-state index is 9.55. The predicted molar refractivity (Wildman–Crippen MR) is 79.6 cm³/mol. The van der Waals surface area contributed by atoms with Crippen LogP contribution in [-0.4, -0.2) is 11.2 Å². The maximum absolute atomic E-state index is 9.55. The fourth-order valence-electron chi connectivity index (χ4n) is 3.08. The zero-order chi connectivity index (χ0) is 14.9. The second kappa shape index (κ2) is 5.34. The number of hydrogen-bond donors (Lipinski definition) is 1. The first kappa shape index (κ1) is 13.8. The van der Waals surface area contributed by atoms with Gasteiger partial charge >= 0.3 is 0 Å². The van der Waals surface area contributed by atoms with Crippen molar-refractivity contribution < 1.29 is 4.52 Å². The van der Waals surface area contributed by atoms with Gasteiger partial charge in [0.25, 0.3) is 0 Å². The highest BCUT2D eigenvalue weighted by Crippen LogP contribution is 2.43. The van der Waals surface area contributed by atoms with E-state index in [1.807, 2.05) is 44.2 Å². The molecule has 0 saturated heterocycles. The highest BCUT2D eigenvalue weighted by Gasteiger charge is 2.45. The van der Waals surface area contributed by atoms with Gasteiger partial charge in [0.15, 0.2) is 0 Å². The molecule has 2 aromatic rings. The molecule has 3 rings (SSSR count). The van der Waals surface area contributed by atoms with E-state index in [1.165, 1.54) is 0 Å². The molecular weight excluding hydrogens is 262 g/mol. The van der Waals surface area contributed by atoms with Gasteiger partial charge in [0.1, 0.15) is 5.76 Å². The molecule has 4 nitrogen and oxygen atoms in total. The van der Waals surface area contributed by atoms with Gasteiger partial charge in [-0.1, -0.05) is 35.5 Å². The first-order chi connectivity index (χ1) is 10.1. The van der Waals surface area contributed by atoms with E-state index in [-0.39, 0.29) is 5.41 Å². The predicted octanol–water partition coefficient (Wildman–Crippen LogP) is 3.01. The maximum Gasteiger partial charge on any atom is 0.138 e. The number of aryl methyl sites for hydroxylation is 2. The molecule has 1 N–H and O–H groups in total. The van der Waals surface area contributed by atoms with Crippen molar-refractivity contribution in [1.82, 2.24) is 10.5 Å². The zero-order valence-corrected chi connectivity index (χ0v) is 12.4. The standard InChI is InChI=1S/C17H19N3O/c1-12-16(13(2)21-20-12)10-19-15-8-17(9-15,11-18)14-6-4-3-5-7-14/h3-7,15,19H,8-10H2,1-2H3. The average Bonchev–Trinajstić information content (AvgIpc) is 2.79. The average molecular weight is 281 g/mol. The number of benzene rings is 1. The second-order valence-electron chi connectivity index (χ2n) is 5.85. The number of rotatable bonds is 4. The minimum absolute atomic E-state index is 0.322. The minimum Gasteiger partial charge on any atom is -0.361 e. The lowest BCUT2D eigenvalue weighted by Gasteiger charge is -2.43. The third kappa shape index (κ3) is 2.45. The Hall–Kier alpha value is -2.12. The summed E-state index contributed by atoms with van der Waals surface area (Å²) in [6, 6.07) is 13.0. The van der Waals surface area contributed by atoms with Gasteiger partial charge in [-0.15, -0.1) is 0 Å². The molecule has 0 unspecified atom stereocenters. The van der Waals surface area contributed by atoms with Crippen LogP contribution in [0.5, 0.6) is 0 Å². The summed E-state index contributed by atoms with van der Waals surface area (Å²) in [6.45, 7) is 4.64. The van der Waals surface area contributed by atoms with Gasteiger partial charge < -0.3 is 9.84 Å². The quantitative estimate of drug-likeness (QED) is 0.935. The van der Waals surface area contributed by atoms with Crippen molar-refractivity contribution in [3.63, 3.8) is 0 Å². The van der Waals surface area contributed by atoms with Crippen LogP contribution in [0.2, 0.25) is 0 Å². The number of aromatic nitrogens is 1. The Bertz CT molecular complexity index is 644. The summed E-state index contributed by atoms with van der Waals surface area (Å²) in [6.07, 6.45) is 1.72. The summed E-state index contributed by atoms with van der Waals surface area (Å²) in [5, 5.41) is 17.0. The summed E-state index contributed by atoms with van der Waals surface area (Å²) in [5.41, 5.74) is 2.87. The van der Waals surface area contributed by atoms with Gasteiger partial charge in [0.05, 0.1) is 17.2 Å². The molecule has 1 aromatic carbocycles. The SMILES string of the molecule is Cc1noc(C)c1CNC1CC(C#N)(c2ccccc2)C1. The van der Waals surface area contributed by atoms with E-state index in [9.17, 15) is 5.26 Å². The van der Waals surface area contributed by atoms with Crippen molar-refractivity contribution in [1.29, 1.82) is 5.26 Å². The van der Waals surface area contributed by atoms with Crippen molar-refractivity contribution in [2.75, 3.05) is 0 Å². The summed E-state index contributed by atoms with van der Waals surface area (Å²) in [5.74, 6) is 0.869. The monoisotopic (exact) mass is 281 g/mol. The second-order valence-corrected chi connectivity index (χ2v) is 5.85. The zero-order valence-electron chi connectivity index (χ0n) is 12.4. The van der Waals surface area contributed by atoms with E-state index >= 15 is 0 Å². The molecule has 1 aliphatic carbocycles. The van der Waals surface area contributed by atoms with Crippen LogP contribution in [0.25, 0.3) is 0 Å². The van der Waals surface area contributed by atoms with Crippen LogP contribution < -0.4 is 5.32 Å². The van der Waals surface area contributed by atoms with E-state index in [2.05, 4.69) is 16.5 Å². The van der Waals surface area contributed by atoms with Gasteiger partial charge in [-0.05, 0) is 32.3 Å². The molecule has 1 aromatic heterocycles. The highest BCUT2D eigenvalue weighted by molar-refractivity contribution is 5.37. The van der Waals surface area contributed by atoms with Crippen LogP contribution >= 0.6 is 0 Å². The first-order valence-electron chi connectivity index (χ1n) is 7.26. The number of hydrogen-bond acceptors (Lipinski definition) is 4. The van der Waals surface area contributed by atoms with Gasteiger partial charge in [0, 0.05) is 18.2 Å². The van der Waals surface area contributed by atoms with E-state index in [1.54, 1.807) is 0 Å². The Kier molecular flexibility index (Phi) is 3.52. The molecule has 0 amide bonds.